The van der Waals surface area contributed by atoms with Crippen molar-refractivity contribution in [2.75, 3.05) is 0 Å². The van der Waals surface area contributed by atoms with Crippen molar-refractivity contribution in [1.29, 1.82) is 0 Å². The fourth-order valence-corrected chi connectivity index (χ4v) is 3.29. The lowest BCUT2D eigenvalue weighted by Crippen LogP contribution is -2.06. The Labute approximate surface area is 106 Å². The van der Waals surface area contributed by atoms with Crippen LogP contribution in [-0.2, 0) is 20.8 Å². The molecular formula is C11H7F3O4S. The van der Waals surface area contributed by atoms with Crippen molar-refractivity contribution in [3.8, 4) is 0 Å². The fraction of sp³-hybridized carbons (Fsp3) is 0.182. The topological polar surface area (TPSA) is 71.4 Å². The molecule has 102 valence electrons. The van der Waals surface area contributed by atoms with E-state index in [2.05, 4.69) is 0 Å². The largest absolute Gasteiger partial charge is 0.481 e. The van der Waals surface area contributed by atoms with Gasteiger partial charge in [0.2, 0.25) is 9.84 Å². The lowest BCUT2D eigenvalue weighted by atomic mass is 10.0. The van der Waals surface area contributed by atoms with Crippen LogP contribution in [0.15, 0.2) is 28.5 Å². The van der Waals surface area contributed by atoms with E-state index in [4.69, 9.17) is 5.11 Å². The Morgan fingerprint density at radius 2 is 1.89 bits per heavy atom. The van der Waals surface area contributed by atoms with E-state index in [1.54, 1.807) is 0 Å². The van der Waals surface area contributed by atoms with Gasteiger partial charge in [0.15, 0.2) is 0 Å². The first-order valence-electron chi connectivity index (χ1n) is 5.00. The normalized spacial score (nSPS) is 16.9. The summed E-state index contributed by atoms with van der Waals surface area (Å²) in [6, 6.07) is 2.17. The van der Waals surface area contributed by atoms with Crippen LogP contribution in [0.1, 0.15) is 17.5 Å². The molecule has 0 radical (unpaired) electrons. The van der Waals surface area contributed by atoms with E-state index < -0.39 is 34.0 Å². The van der Waals surface area contributed by atoms with E-state index in [9.17, 15) is 26.4 Å². The molecule has 0 aromatic heterocycles. The second kappa shape index (κ2) is 4.09. The van der Waals surface area contributed by atoms with E-state index in [0.717, 1.165) is 6.07 Å². The van der Waals surface area contributed by atoms with Gasteiger partial charge in [0.1, 0.15) is 0 Å². The second-order valence-electron chi connectivity index (χ2n) is 3.97. The Morgan fingerprint density at radius 1 is 1.26 bits per heavy atom. The van der Waals surface area contributed by atoms with Gasteiger partial charge in [-0.25, -0.2) is 8.42 Å². The molecule has 1 aliphatic heterocycles. The highest BCUT2D eigenvalue weighted by molar-refractivity contribution is 7.95. The highest BCUT2D eigenvalue weighted by Crippen LogP contribution is 2.39. The van der Waals surface area contributed by atoms with E-state index >= 15 is 0 Å². The number of benzene rings is 1. The minimum atomic E-state index is -4.62. The van der Waals surface area contributed by atoms with Crippen LogP contribution in [0.25, 0.3) is 5.57 Å². The lowest BCUT2D eigenvalue weighted by molar-refractivity contribution is -0.137. The first-order valence-corrected chi connectivity index (χ1v) is 6.55. The number of hydrogen-bond donors (Lipinski definition) is 1. The zero-order valence-corrected chi connectivity index (χ0v) is 10.0. The van der Waals surface area contributed by atoms with Gasteiger partial charge in [-0.3, -0.25) is 4.79 Å². The highest BCUT2D eigenvalue weighted by atomic mass is 32.2. The van der Waals surface area contributed by atoms with Crippen molar-refractivity contribution >= 4 is 21.4 Å². The molecule has 0 fully saturated rings. The molecule has 0 aliphatic carbocycles. The molecule has 4 nitrogen and oxygen atoms in total. The number of aliphatic carboxylic acids is 1. The monoisotopic (exact) mass is 292 g/mol. The molecule has 1 heterocycles. The molecule has 8 heteroatoms. The van der Waals surface area contributed by atoms with Crippen LogP contribution in [0.3, 0.4) is 0 Å². The van der Waals surface area contributed by atoms with Crippen LogP contribution in [0.2, 0.25) is 0 Å². The van der Waals surface area contributed by atoms with Crippen LogP contribution < -0.4 is 0 Å². The number of sulfone groups is 1. The van der Waals surface area contributed by atoms with Gasteiger partial charge in [0.05, 0.1) is 16.9 Å². The Bertz CT molecular complexity index is 686. The SMILES string of the molecule is O=C(O)CC1=CS(=O)(=O)c2ccc(C(F)(F)F)cc21. The summed E-state index contributed by atoms with van der Waals surface area (Å²) in [5.74, 6) is -1.31. The van der Waals surface area contributed by atoms with Gasteiger partial charge in [-0.2, -0.15) is 13.2 Å². The number of rotatable bonds is 2. The number of carboxylic acid groups (broad SMARTS) is 1. The third kappa shape index (κ3) is 2.48. The smallest absolute Gasteiger partial charge is 0.416 e. The Kier molecular flexibility index (Phi) is 2.93. The fourth-order valence-electron chi connectivity index (χ4n) is 1.82. The zero-order chi connectivity index (χ0) is 14.4. The maximum absolute atomic E-state index is 12.6. The molecule has 0 saturated heterocycles. The Morgan fingerprint density at radius 3 is 2.42 bits per heavy atom. The minimum Gasteiger partial charge on any atom is -0.481 e. The van der Waals surface area contributed by atoms with Gasteiger partial charge in [-0.15, -0.1) is 0 Å². The number of hydrogen-bond acceptors (Lipinski definition) is 3. The number of halogens is 3. The summed E-state index contributed by atoms with van der Waals surface area (Å²) in [4.78, 5) is 10.3. The van der Waals surface area contributed by atoms with Gasteiger partial charge < -0.3 is 5.11 Å². The van der Waals surface area contributed by atoms with Gasteiger partial charge in [-0.05, 0) is 29.3 Å². The van der Waals surface area contributed by atoms with Gasteiger partial charge in [-0.1, -0.05) is 0 Å². The van der Waals surface area contributed by atoms with E-state index in [1.165, 1.54) is 0 Å². The quantitative estimate of drug-likeness (QED) is 0.908. The predicted molar refractivity (Wildman–Crippen MR) is 58.9 cm³/mol. The number of carbonyl (C=O) groups is 1. The molecule has 1 aliphatic rings. The predicted octanol–water partition coefficient (Wildman–Crippen LogP) is 2.31. The van der Waals surface area contributed by atoms with Crippen molar-refractivity contribution in [3.63, 3.8) is 0 Å². The Balaban J connectivity index is 2.61. The summed E-state index contributed by atoms with van der Waals surface area (Å²) >= 11 is 0. The van der Waals surface area contributed by atoms with Crippen LogP contribution in [0.4, 0.5) is 13.2 Å². The van der Waals surface area contributed by atoms with E-state index in [0.29, 0.717) is 17.5 Å². The molecule has 0 amide bonds. The maximum atomic E-state index is 12.6. The molecule has 0 saturated carbocycles. The van der Waals surface area contributed by atoms with Crippen LogP contribution in [0.5, 0.6) is 0 Å². The van der Waals surface area contributed by atoms with Gasteiger partial charge in [0.25, 0.3) is 0 Å². The molecule has 0 atom stereocenters. The number of alkyl halides is 3. The average Bonchev–Trinajstić information content (AvgIpc) is 2.48. The molecular weight excluding hydrogens is 285 g/mol. The summed E-state index contributed by atoms with van der Waals surface area (Å²) in [6.45, 7) is 0. The molecule has 1 aromatic carbocycles. The van der Waals surface area contributed by atoms with E-state index in [1.807, 2.05) is 0 Å². The van der Waals surface area contributed by atoms with Crippen molar-refractivity contribution in [2.24, 2.45) is 0 Å². The minimum absolute atomic E-state index is 0.145. The molecule has 0 spiro atoms. The highest BCUT2D eigenvalue weighted by Gasteiger charge is 2.35. The summed E-state index contributed by atoms with van der Waals surface area (Å²) in [7, 11) is -3.86. The van der Waals surface area contributed by atoms with Crippen molar-refractivity contribution in [2.45, 2.75) is 17.5 Å². The first kappa shape index (κ1) is 13.6. The maximum Gasteiger partial charge on any atom is 0.416 e. The standard InChI is InChI=1S/C11H7F3O4S/c12-11(13,14)7-1-2-9-8(4-7)6(3-10(15)16)5-19(9,17)18/h1-2,4-5H,3H2,(H,15,16). The number of fused-ring (bicyclic) bond motifs is 1. The summed E-state index contributed by atoms with van der Waals surface area (Å²) < 4.78 is 61.0. The third-order valence-corrected chi connectivity index (χ3v) is 4.16. The van der Waals surface area contributed by atoms with Crippen molar-refractivity contribution in [1.82, 2.24) is 0 Å². The van der Waals surface area contributed by atoms with Gasteiger partial charge in [0, 0.05) is 5.41 Å². The summed E-state index contributed by atoms with van der Waals surface area (Å²) in [5, 5.41) is 9.34. The third-order valence-electron chi connectivity index (χ3n) is 2.60. The van der Waals surface area contributed by atoms with Crippen LogP contribution >= 0.6 is 0 Å². The second-order valence-corrected chi connectivity index (χ2v) is 5.73. The molecule has 1 N–H and O–H groups in total. The first-order chi connectivity index (χ1) is 8.61. The Hall–Kier alpha value is -1.83. The van der Waals surface area contributed by atoms with Crippen molar-refractivity contribution in [3.05, 3.63) is 34.7 Å². The summed E-state index contributed by atoms with van der Waals surface area (Å²) in [5.41, 5.74) is -1.36. The van der Waals surface area contributed by atoms with E-state index in [-0.39, 0.29) is 16.0 Å². The van der Waals surface area contributed by atoms with Crippen LogP contribution in [0, 0.1) is 0 Å². The van der Waals surface area contributed by atoms with Gasteiger partial charge >= 0.3 is 12.1 Å². The average molecular weight is 292 g/mol. The molecule has 0 bridgehead atoms. The molecule has 0 unspecified atom stereocenters. The lowest BCUT2D eigenvalue weighted by Gasteiger charge is -2.09. The van der Waals surface area contributed by atoms with Crippen molar-refractivity contribution < 1.29 is 31.5 Å². The molecule has 2 rings (SSSR count). The number of carboxylic acids is 1. The summed E-state index contributed by atoms with van der Waals surface area (Å²) in [6.07, 6.45) is -5.26. The van der Waals surface area contributed by atoms with Crippen LogP contribution in [-0.4, -0.2) is 19.5 Å². The zero-order valence-electron chi connectivity index (χ0n) is 9.23. The molecule has 1 aromatic rings. The molecule has 19 heavy (non-hydrogen) atoms.